The van der Waals surface area contributed by atoms with Gasteiger partial charge in [-0.25, -0.2) is 9.37 Å². The predicted molar refractivity (Wildman–Crippen MR) is 116 cm³/mol. The standard InChI is InChI=1S/C23H20BrFN2OS/c1-12-2-5-17-14(6-12)8-18-22-16(25)9-15(24)10-19(22)28-23(27(17)18)20-11-26-21(29-20)7-13-3-4-13/h2,5-6,9-11,13,18,23H,3-4,7-8H2,1H3. The van der Waals surface area contributed by atoms with E-state index in [-0.39, 0.29) is 18.1 Å². The predicted octanol–water partition coefficient (Wildman–Crippen LogP) is 6.50. The summed E-state index contributed by atoms with van der Waals surface area (Å²) in [6.07, 6.45) is 6.15. The van der Waals surface area contributed by atoms with Crippen LogP contribution in [0.3, 0.4) is 0 Å². The molecule has 1 aliphatic carbocycles. The molecule has 1 saturated carbocycles. The van der Waals surface area contributed by atoms with E-state index in [0.717, 1.165) is 29.3 Å². The van der Waals surface area contributed by atoms with Crippen molar-refractivity contribution >= 4 is 33.0 Å². The van der Waals surface area contributed by atoms with Gasteiger partial charge in [0.1, 0.15) is 11.6 Å². The second-order valence-corrected chi connectivity index (χ2v) is 10.4. The van der Waals surface area contributed by atoms with Crippen molar-refractivity contribution in [1.29, 1.82) is 0 Å². The molecule has 2 aromatic carbocycles. The Labute approximate surface area is 181 Å². The van der Waals surface area contributed by atoms with E-state index in [4.69, 9.17) is 4.74 Å². The molecule has 0 amide bonds. The minimum atomic E-state index is -0.282. The molecule has 1 aromatic heterocycles. The average Bonchev–Trinajstić information content (AvgIpc) is 3.22. The molecular formula is C23H20BrFN2OS. The van der Waals surface area contributed by atoms with Crippen LogP contribution in [0.4, 0.5) is 10.1 Å². The quantitative estimate of drug-likeness (QED) is 0.436. The van der Waals surface area contributed by atoms with Crippen molar-refractivity contribution in [3.8, 4) is 5.75 Å². The van der Waals surface area contributed by atoms with Crippen LogP contribution in [-0.4, -0.2) is 4.98 Å². The lowest BCUT2D eigenvalue weighted by Crippen LogP contribution is -2.37. The number of rotatable bonds is 3. The third kappa shape index (κ3) is 2.99. The number of ether oxygens (including phenoxy) is 1. The van der Waals surface area contributed by atoms with Gasteiger partial charge in [0.05, 0.1) is 21.5 Å². The molecule has 148 valence electrons. The van der Waals surface area contributed by atoms with Gasteiger partial charge >= 0.3 is 0 Å². The third-order valence-electron chi connectivity index (χ3n) is 6.12. The fourth-order valence-corrected chi connectivity index (χ4v) is 6.06. The van der Waals surface area contributed by atoms with Gasteiger partial charge in [-0.15, -0.1) is 11.3 Å². The molecule has 3 aromatic rings. The number of hydrogen-bond donors (Lipinski definition) is 0. The first-order chi connectivity index (χ1) is 14.1. The Morgan fingerprint density at radius 2 is 2.14 bits per heavy atom. The van der Waals surface area contributed by atoms with Gasteiger partial charge in [0.15, 0.2) is 0 Å². The highest BCUT2D eigenvalue weighted by Crippen LogP contribution is 2.53. The van der Waals surface area contributed by atoms with Gasteiger partial charge in [-0.3, -0.25) is 0 Å². The van der Waals surface area contributed by atoms with Crippen LogP contribution in [0.25, 0.3) is 0 Å². The van der Waals surface area contributed by atoms with Crippen molar-refractivity contribution in [2.45, 2.75) is 44.9 Å². The molecule has 6 rings (SSSR count). The van der Waals surface area contributed by atoms with Gasteiger partial charge in [-0.05, 0) is 55.9 Å². The minimum Gasteiger partial charge on any atom is -0.465 e. The van der Waals surface area contributed by atoms with Crippen molar-refractivity contribution in [3.05, 3.63) is 73.4 Å². The highest BCUT2D eigenvalue weighted by Gasteiger charge is 2.44. The summed E-state index contributed by atoms with van der Waals surface area (Å²) in [5.41, 5.74) is 4.26. The molecule has 3 aliphatic rings. The van der Waals surface area contributed by atoms with Crippen molar-refractivity contribution in [2.24, 2.45) is 5.92 Å². The molecular weight excluding hydrogens is 451 g/mol. The molecule has 0 N–H and O–H groups in total. The molecule has 0 saturated heterocycles. The van der Waals surface area contributed by atoms with Crippen molar-refractivity contribution in [1.82, 2.24) is 4.98 Å². The maximum absolute atomic E-state index is 15.0. The lowest BCUT2D eigenvalue weighted by atomic mass is 9.99. The summed E-state index contributed by atoms with van der Waals surface area (Å²) >= 11 is 5.16. The van der Waals surface area contributed by atoms with E-state index in [2.05, 4.69) is 50.9 Å². The number of nitrogens with zero attached hydrogens (tertiary/aromatic N) is 2. The molecule has 0 bridgehead atoms. The topological polar surface area (TPSA) is 25.4 Å². The van der Waals surface area contributed by atoms with Gasteiger partial charge in [0, 0.05) is 22.8 Å². The van der Waals surface area contributed by atoms with Gasteiger partial charge in [0.25, 0.3) is 0 Å². The number of aromatic nitrogens is 1. The van der Waals surface area contributed by atoms with Crippen LogP contribution in [0.2, 0.25) is 0 Å². The molecule has 6 heteroatoms. The van der Waals surface area contributed by atoms with Crippen molar-refractivity contribution in [3.63, 3.8) is 0 Å². The maximum atomic E-state index is 15.0. The van der Waals surface area contributed by atoms with Gasteiger partial charge < -0.3 is 9.64 Å². The van der Waals surface area contributed by atoms with Crippen molar-refractivity contribution < 1.29 is 9.13 Å². The van der Waals surface area contributed by atoms with Crippen LogP contribution in [-0.2, 0) is 12.8 Å². The number of aryl methyl sites for hydroxylation is 1. The Balaban J connectivity index is 1.47. The van der Waals surface area contributed by atoms with Crippen LogP contribution in [0.15, 0.2) is 41.0 Å². The number of thiazole rings is 1. The molecule has 1 fully saturated rings. The Kier molecular flexibility index (Phi) is 4.04. The van der Waals surface area contributed by atoms with E-state index in [9.17, 15) is 0 Å². The Morgan fingerprint density at radius 3 is 2.97 bits per heavy atom. The summed E-state index contributed by atoms with van der Waals surface area (Å²) < 4.78 is 22.2. The zero-order valence-electron chi connectivity index (χ0n) is 16.0. The Hall–Kier alpha value is -1.92. The number of fused-ring (bicyclic) bond motifs is 5. The summed E-state index contributed by atoms with van der Waals surface area (Å²) in [5, 5.41) is 1.18. The van der Waals surface area contributed by atoms with Crippen molar-refractivity contribution in [2.75, 3.05) is 4.90 Å². The molecule has 29 heavy (non-hydrogen) atoms. The second-order valence-electron chi connectivity index (χ2n) is 8.33. The molecule has 3 nitrogen and oxygen atoms in total. The van der Waals surface area contributed by atoms with E-state index in [0.29, 0.717) is 15.8 Å². The SMILES string of the molecule is Cc1ccc2c(c1)CC1c3c(F)cc(Br)cc3OC(c3cnc(CC4CC4)s3)N21. The summed E-state index contributed by atoms with van der Waals surface area (Å²) in [5.74, 6) is 1.21. The van der Waals surface area contributed by atoms with E-state index >= 15 is 4.39 Å². The normalized spacial score (nSPS) is 22.1. The Morgan fingerprint density at radius 1 is 1.28 bits per heavy atom. The van der Waals surface area contributed by atoms with Gasteiger partial charge in [0.2, 0.25) is 6.23 Å². The molecule has 0 spiro atoms. The molecule has 2 unspecified atom stereocenters. The average molecular weight is 471 g/mol. The molecule has 3 heterocycles. The summed E-state index contributed by atoms with van der Waals surface area (Å²) in [7, 11) is 0. The van der Waals surface area contributed by atoms with Crippen LogP contribution in [0, 0.1) is 18.7 Å². The van der Waals surface area contributed by atoms with Crippen LogP contribution < -0.4 is 9.64 Å². The van der Waals surface area contributed by atoms with Gasteiger partial charge in [-0.1, -0.05) is 33.6 Å². The monoisotopic (exact) mass is 470 g/mol. The first-order valence-corrected chi connectivity index (χ1v) is 11.7. The number of anilines is 1. The summed E-state index contributed by atoms with van der Waals surface area (Å²) in [6, 6.07) is 9.85. The van der Waals surface area contributed by atoms with Crippen LogP contribution in [0.1, 0.15) is 51.7 Å². The smallest absolute Gasteiger partial charge is 0.210 e. The highest BCUT2D eigenvalue weighted by atomic mass is 79.9. The molecule has 0 radical (unpaired) electrons. The highest BCUT2D eigenvalue weighted by molar-refractivity contribution is 9.10. The lowest BCUT2D eigenvalue weighted by Gasteiger charge is -2.40. The fraction of sp³-hybridized carbons (Fsp3) is 0.348. The summed E-state index contributed by atoms with van der Waals surface area (Å²) in [6.45, 7) is 2.10. The lowest BCUT2D eigenvalue weighted by molar-refractivity contribution is 0.167. The van der Waals surface area contributed by atoms with Crippen LogP contribution in [0.5, 0.6) is 5.75 Å². The molecule has 2 atom stereocenters. The zero-order chi connectivity index (χ0) is 19.7. The second kappa shape index (κ2) is 6.54. The maximum Gasteiger partial charge on any atom is 0.210 e. The third-order valence-corrected chi connectivity index (χ3v) is 7.63. The molecule has 2 aliphatic heterocycles. The van der Waals surface area contributed by atoms with Crippen LogP contribution >= 0.6 is 27.3 Å². The van der Waals surface area contributed by atoms with E-state index in [1.165, 1.54) is 35.0 Å². The fourth-order valence-electron chi connectivity index (χ4n) is 4.59. The zero-order valence-corrected chi connectivity index (χ0v) is 18.4. The van der Waals surface area contributed by atoms with Gasteiger partial charge in [-0.2, -0.15) is 0 Å². The largest absolute Gasteiger partial charge is 0.465 e. The summed E-state index contributed by atoms with van der Waals surface area (Å²) in [4.78, 5) is 8.02. The first-order valence-electron chi connectivity index (χ1n) is 10.0. The first kappa shape index (κ1) is 17.9. The number of halogens is 2. The number of hydrogen-bond acceptors (Lipinski definition) is 4. The van der Waals surface area contributed by atoms with E-state index in [1.54, 1.807) is 11.3 Å². The van der Waals surface area contributed by atoms with E-state index in [1.807, 2.05) is 12.3 Å². The van der Waals surface area contributed by atoms with E-state index < -0.39 is 0 Å². The minimum absolute atomic E-state index is 0.0670. The number of benzene rings is 2. The Bertz CT molecular complexity index is 1130.